The van der Waals surface area contributed by atoms with Crippen molar-refractivity contribution in [1.29, 1.82) is 0 Å². The molecule has 0 radical (unpaired) electrons. The van der Waals surface area contributed by atoms with E-state index in [0.717, 1.165) is 19.4 Å². The normalized spacial score (nSPS) is 21.3. The van der Waals surface area contributed by atoms with Gasteiger partial charge in [-0.25, -0.2) is 0 Å². The minimum Gasteiger partial charge on any atom is -0.336 e. The molecule has 1 aromatic rings. The number of benzene rings is 1. The first kappa shape index (κ1) is 18.0. The largest absolute Gasteiger partial charge is 0.336 e. The van der Waals surface area contributed by atoms with Crippen LogP contribution < -0.4 is 0 Å². The van der Waals surface area contributed by atoms with Crippen molar-refractivity contribution in [3.8, 4) is 0 Å². The van der Waals surface area contributed by atoms with Crippen molar-refractivity contribution in [3.63, 3.8) is 0 Å². The molecule has 0 N–H and O–H groups in total. The zero-order valence-corrected chi connectivity index (χ0v) is 15.3. The molecule has 0 unspecified atom stereocenters. The average Bonchev–Trinajstić information content (AvgIpc) is 3.12. The van der Waals surface area contributed by atoms with Crippen molar-refractivity contribution in [1.82, 2.24) is 9.80 Å². The van der Waals surface area contributed by atoms with Gasteiger partial charge in [0.2, 0.25) is 11.8 Å². The van der Waals surface area contributed by atoms with Crippen LogP contribution in [0, 0.1) is 5.92 Å². The molecule has 1 saturated carbocycles. The summed E-state index contributed by atoms with van der Waals surface area (Å²) < 4.78 is 0. The maximum atomic E-state index is 13.3. The van der Waals surface area contributed by atoms with Crippen molar-refractivity contribution in [2.75, 3.05) is 13.1 Å². The van der Waals surface area contributed by atoms with E-state index in [1.54, 1.807) is 11.8 Å². The van der Waals surface area contributed by atoms with Gasteiger partial charge >= 0.3 is 0 Å². The van der Waals surface area contributed by atoms with E-state index in [1.165, 1.54) is 37.7 Å². The average molecular weight is 342 g/mol. The highest BCUT2D eigenvalue weighted by atomic mass is 16.2. The summed E-state index contributed by atoms with van der Waals surface area (Å²) in [4.78, 5) is 28.9. The van der Waals surface area contributed by atoms with Crippen molar-refractivity contribution >= 4 is 11.8 Å². The molecule has 4 heteroatoms. The number of rotatable bonds is 5. The summed E-state index contributed by atoms with van der Waals surface area (Å²) >= 11 is 0. The van der Waals surface area contributed by atoms with E-state index >= 15 is 0 Å². The van der Waals surface area contributed by atoms with E-state index in [2.05, 4.69) is 12.1 Å². The van der Waals surface area contributed by atoms with Gasteiger partial charge < -0.3 is 9.80 Å². The molecular weight excluding hydrogens is 312 g/mol. The third-order valence-electron chi connectivity index (χ3n) is 5.67. The van der Waals surface area contributed by atoms with Crippen molar-refractivity contribution < 1.29 is 9.59 Å². The Morgan fingerprint density at radius 2 is 1.76 bits per heavy atom. The highest BCUT2D eigenvalue weighted by Crippen LogP contribution is 2.27. The number of nitrogens with zero attached hydrogens (tertiary/aromatic N) is 2. The second-order valence-electron chi connectivity index (χ2n) is 7.58. The van der Waals surface area contributed by atoms with E-state index in [0.29, 0.717) is 19.0 Å². The molecule has 1 aromatic carbocycles. The summed E-state index contributed by atoms with van der Waals surface area (Å²) in [6.45, 7) is 3.77. The summed E-state index contributed by atoms with van der Waals surface area (Å²) in [5, 5.41) is 0. The number of likely N-dealkylation sites (tertiary alicyclic amines) is 1. The molecule has 1 aliphatic carbocycles. The second-order valence-corrected chi connectivity index (χ2v) is 7.58. The van der Waals surface area contributed by atoms with Gasteiger partial charge in [0.05, 0.1) is 0 Å². The molecule has 1 saturated heterocycles. The summed E-state index contributed by atoms with van der Waals surface area (Å²) in [7, 11) is 0. The van der Waals surface area contributed by atoms with Gasteiger partial charge in [-0.15, -0.1) is 0 Å². The first-order valence-corrected chi connectivity index (χ1v) is 9.75. The van der Waals surface area contributed by atoms with Crippen LogP contribution in [0.1, 0.15) is 57.4 Å². The fourth-order valence-corrected chi connectivity index (χ4v) is 4.33. The minimum atomic E-state index is -0.259. The van der Waals surface area contributed by atoms with E-state index < -0.39 is 0 Å². The SMILES string of the molecule is CC(=O)N1CCC[C@H]1C(=O)N(Cc1ccccc1)CC1CCCCC1. The lowest BCUT2D eigenvalue weighted by Crippen LogP contribution is -2.48. The molecule has 1 heterocycles. The van der Waals surface area contributed by atoms with Gasteiger partial charge in [-0.05, 0) is 37.2 Å². The smallest absolute Gasteiger partial charge is 0.245 e. The molecule has 2 aliphatic rings. The van der Waals surface area contributed by atoms with Gasteiger partial charge in [-0.3, -0.25) is 9.59 Å². The van der Waals surface area contributed by atoms with Gasteiger partial charge in [0, 0.05) is 26.6 Å². The van der Waals surface area contributed by atoms with Gasteiger partial charge in [-0.2, -0.15) is 0 Å². The van der Waals surface area contributed by atoms with Crippen LogP contribution in [0.25, 0.3) is 0 Å². The summed E-state index contributed by atoms with van der Waals surface area (Å²) in [5.74, 6) is 0.767. The molecule has 1 aliphatic heterocycles. The quantitative estimate of drug-likeness (QED) is 0.820. The van der Waals surface area contributed by atoms with E-state index in [9.17, 15) is 9.59 Å². The van der Waals surface area contributed by atoms with Crippen LogP contribution in [0.3, 0.4) is 0 Å². The fraction of sp³-hybridized carbons (Fsp3) is 0.619. The Bertz CT molecular complexity index is 581. The summed E-state index contributed by atoms with van der Waals surface area (Å²) in [5.41, 5.74) is 1.17. The van der Waals surface area contributed by atoms with Crippen LogP contribution in [0.15, 0.2) is 30.3 Å². The number of hydrogen-bond donors (Lipinski definition) is 0. The number of amides is 2. The Kier molecular flexibility index (Phi) is 6.11. The molecular formula is C21H30N2O2. The molecule has 1 atom stereocenters. The zero-order chi connectivity index (χ0) is 17.6. The lowest BCUT2D eigenvalue weighted by molar-refractivity contribution is -0.143. The van der Waals surface area contributed by atoms with E-state index in [1.807, 2.05) is 23.1 Å². The molecule has 2 amide bonds. The predicted molar refractivity (Wildman–Crippen MR) is 98.8 cm³/mol. The molecule has 2 fully saturated rings. The highest BCUT2D eigenvalue weighted by molar-refractivity contribution is 5.87. The van der Waals surface area contributed by atoms with Crippen LogP contribution in [-0.2, 0) is 16.1 Å². The Labute approximate surface area is 151 Å². The van der Waals surface area contributed by atoms with Crippen LogP contribution in [-0.4, -0.2) is 40.7 Å². The Hall–Kier alpha value is -1.84. The van der Waals surface area contributed by atoms with Crippen LogP contribution in [0.2, 0.25) is 0 Å². The number of hydrogen-bond acceptors (Lipinski definition) is 2. The van der Waals surface area contributed by atoms with Gasteiger partial charge in [0.15, 0.2) is 0 Å². The molecule has 0 spiro atoms. The summed E-state index contributed by atoms with van der Waals surface area (Å²) in [6.07, 6.45) is 8.05. The molecule has 25 heavy (non-hydrogen) atoms. The molecule has 0 aromatic heterocycles. The Morgan fingerprint density at radius 1 is 1.04 bits per heavy atom. The van der Waals surface area contributed by atoms with Crippen LogP contribution >= 0.6 is 0 Å². The molecule has 0 bridgehead atoms. The third kappa shape index (κ3) is 4.62. The lowest BCUT2D eigenvalue weighted by Gasteiger charge is -2.33. The molecule has 3 rings (SSSR count). The standard InChI is InChI=1S/C21H30N2O2/c1-17(24)23-14-8-13-20(23)21(25)22(15-18-9-4-2-5-10-18)16-19-11-6-3-7-12-19/h2,4-5,9-10,19-20H,3,6-8,11-16H2,1H3/t20-/m0/s1. The van der Waals surface area contributed by atoms with Crippen molar-refractivity contribution in [3.05, 3.63) is 35.9 Å². The summed E-state index contributed by atoms with van der Waals surface area (Å²) in [6, 6.07) is 9.96. The Morgan fingerprint density at radius 3 is 2.44 bits per heavy atom. The third-order valence-corrected chi connectivity index (χ3v) is 5.67. The molecule has 136 valence electrons. The van der Waals surface area contributed by atoms with Crippen LogP contribution in [0.4, 0.5) is 0 Å². The maximum Gasteiger partial charge on any atom is 0.245 e. The van der Waals surface area contributed by atoms with Crippen molar-refractivity contribution in [2.45, 2.75) is 64.5 Å². The van der Waals surface area contributed by atoms with Gasteiger partial charge in [0.25, 0.3) is 0 Å². The lowest BCUT2D eigenvalue weighted by atomic mass is 9.88. The number of carbonyl (C=O) groups is 2. The topological polar surface area (TPSA) is 40.6 Å². The first-order valence-electron chi connectivity index (χ1n) is 9.75. The maximum absolute atomic E-state index is 13.3. The minimum absolute atomic E-state index is 0.0215. The molecule has 4 nitrogen and oxygen atoms in total. The van der Waals surface area contributed by atoms with Gasteiger partial charge in [-0.1, -0.05) is 49.6 Å². The number of carbonyl (C=O) groups excluding carboxylic acids is 2. The predicted octanol–water partition coefficient (Wildman–Crippen LogP) is 3.61. The first-order chi connectivity index (χ1) is 12.1. The Balaban J connectivity index is 1.74. The van der Waals surface area contributed by atoms with E-state index in [4.69, 9.17) is 0 Å². The highest BCUT2D eigenvalue weighted by Gasteiger charge is 2.35. The monoisotopic (exact) mass is 342 g/mol. The van der Waals surface area contributed by atoms with E-state index in [-0.39, 0.29) is 17.9 Å². The van der Waals surface area contributed by atoms with Gasteiger partial charge in [0.1, 0.15) is 6.04 Å². The van der Waals surface area contributed by atoms with Crippen molar-refractivity contribution in [2.24, 2.45) is 5.92 Å². The second kappa shape index (κ2) is 8.50. The zero-order valence-electron chi connectivity index (χ0n) is 15.3. The van der Waals surface area contributed by atoms with Crippen LogP contribution in [0.5, 0.6) is 0 Å². The fourth-order valence-electron chi connectivity index (χ4n) is 4.33.